The zero-order valence-electron chi connectivity index (χ0n) is 14.5. The van der Waals surface area contributed by atoms with Gasteiger partial charge in [-0.25, -0.2) is 12.4 Å². The molecule has 5 nitrogen and oxygen atoms in total. The highest BCUT2D eigenvalue weighted by atomic mass is 32.2. The zero-order chi connectivity index (χ0) is 17.7. The zero-order valence-corrected chi connectivity index (χ0v) is 16.1. The van der Waals surface area contributed by atoms with Gasteiger partial charge in [0.25, 0.3) is 0 Å². The van der Waals surface area contributed by atoms with Crippen LogP contribution in [0.5, 0.6) is 0 Å². The minimum absolute atomic E-state index is 0.0956. The van der Waals surface area contributed by atoms with Crippen LogP contribution in [-0.2, 0) is 27.8 Å². The quantitative estimate of drug-likeness (QED) is 0.846. The third-order valence-electron chi connectivity index (χ3n) is 4.36. The van der Waals surface area contributed by atoms with Gasteiger partial charge in [0.15, 0.2) is 0 Å². The highest BCUT2D eigenvalue weighted by Crippen LogP contribution is 2.39. The molecule has 0 unspecified atom stereocenters. The first-order chi connectivity index (χ1) is 11.1. The van der Waals surface area contributed by atoms with E-state index in [1.807, 2.05) is 45.0 Å². The molecule has 24 heavy (non-hydrogen) atoms. The van der Waals surface area contributed by atoms with E-state index in [0.29, 0.717) is 5.52 Å². The second-order valence-electron chi connectivity index (χ2n) is 7.35. The molecule has 0 amide bonds. The Hall–Kier alpha value is -1.02. The monoisotopic (exact) mass is 368 g/mol. The normalized spacial score (nSPS) is 20.1. The van der Waals surface area contributed by atoms with Gasteiger partial charge in [-0.1, -0.05) is 18.2 Å². The summed E-state index contributed by atoms with van der Waals surface area (Å²) in [7, 11) is -3.39. The number of nitrogens with zero attached hydrogens (tertiary/aromatic N) is 1. The molecular weight excluding hydrogens is 344 g/mol. The second kappa shape index (κ2) is 6.05. The van der Waals surface area contributed by atoms with Crippen molar-refractivity contribution in [1.82, 2.24) is 8.69 Å². The van der Waals surface area contributed by atoms with E-state index in [4.69, 9.17) is 0 Å². The van der Waals surface area contributed by atoms with Gasteiger partial charge in [0, 0.05) is 28.0 Å². The number of hydrogen-bond acceptors (Lipinski definition) is 4. The van der Waals surface area contributed by atoms with Crippen molar-refractivity contribution in [2.24, 2.45) is 0 Å². The van der Waals surface area contributed by atoms with Gasteiger partial charge in [-0.15, -0.1) is 4.72 Å². The summed E-state index contributed by atoms with van der Waals surface area (Å²) >= 11 is -1.21. The topological polar surface area (TPSA) is 74.2 Å². The first-order valence-corrected chi connectivity index (χ1v) is 11.1. The van der Waals surface area contributed by atoms with Gasteiger partial charge in [0.05, 0.1) is 17.8 Å². The van der Waals surface area contributed by atoms with Crippen molar-refractivity contribution in [1.29, 1.82) is 0 Å². The smallest absolute Gasteiger partial charge is 0.236 e. The van der Waals surface area contributed by atoms with Crippen molar-refractivity contribution in [3.05, 3.63) is 35.5 Å². The maximum atomic E-state index is 12.6. The molecule has 1 aliphatic rings. The molecule has 2 aromatic rings. The lowest BCUT2D eigenvalue weighted by Gasteiger charge is -2.30. The van der Waals surface area contributed by atoms with Crippen LogP contribution < -0.4 is 4.72 Å². The molecule has 1 aromatic heterocycles. The molecule has 0 spiro atoms. The largest absolute Gasteiger partial charge is 0.598 e. The third kappa shape index (κ3) is 3.10. The van der Waals surface area contributed by atoms with Crippen molar-refractivity contribution in [3.8, 4) is 0 Å². The molecule has 0 radical (unpaired) electrons. The van der Waals surface area contributed by atoms with Gasteiger partial charge in [-0.05, 0) is 46.1 Å². The molecule has 1 heterocycles. The molecule has 7 heteroatoms. The average molecular weight is 369 g/mol. The first-order valence-electron chi connectivity index (χ1n) is 8.11. The number of benzene rings is 1. The number of nitrogens with one attached hydrogen (secondary N) is 1. The molecule has 2 atom stereocenters. The van der Waals surface area contributed by atoms with Crippen molar-refractivity contribution < 1.29 is 13.0 Å². The van der Waals surface area contributed by atoms with Gasteiger partial charge in [-0.2, -0.15) is 0 Å². The Morgan fingerprint density at radius 1 is 1.29 bits per heavy atom. The van der Waals surface area contributed by atoms with Gasteiger partial charge < -0.3 is 4.55 Å². The Bertz CT molecular complexity index is 866. The van der Waals surface area contributed by atoms with E-state index < -0.39 is 21.4 Å². The van der Waals surface area contributed by atoms with Gasteiger partial charge >= 0.3 is 0 Å². The van der Waals surface area contributed by atoms with Gasteiger partial charge in [-0.3, -0.25) is 0 Å². The molecule has 0 saturated heterocycles. The first kappa shape index (κ1) is 17.8. The van der Waals surface area contributed by atoms with Gasteiger partial charge in [0.1, 0.15) is 4.75 Å². The van der Waals surface area contributed by atoms with Crippen LogP contribution in [0.3, 0.4) is 0 Å². The van der Waals surface area contributed by atoms with Crippen LogP contribution in [0.1, 0.15) is 50.9 Å². The van der Waals surface area contributed by atoms with Crippen LogP contribution in [0.25, 0.3) is 10.9 Å². The maximum absolute atomic E-state index is 12.6. The standard InChI is InChI=1S/C17H24N2O3S2/c1-17(2,3)23(20)18-13-9-7-11-15-16(13)12-8-5-6-10-14(12)19(15)24(4,21)22/h5-6,8,10,13,18H,7,9,11H2,1-4H3/t13-,23+/m0/s1. The Labute approximate surface area is 146 Å². The van der Waals surface area contributed by atoms with Crippen molar-refractivity contribution in [2.75, 3.05) is 6.26 Å². The number of hydrogen-bond donors (Lipinski definition) is 1. The minimum atomic E-state index is -3.39. The SMILES string of the molecule is CC(C)(C)[S@@+]([O-])N[C@H]1CCCc2c1c1ccccc1n2S(C)(=O)=O. The summed E-state index contributed by atoms with van der Waals surface area (Å²) in [6, 6.07) is 7.47. The maximum Gasteiger partial charge on any atom is 0.236 e. The predicted molar refractivity (Wildman–Crippen MR) is 98.9 cm³/mol. The number of para-hydroxylation sites is 1. The average Bonchev–Trinajstić information content (AvgIpc) is 2.81. The lowest BCUT2D eigenvalue weighted by Crippen LogP contribution is -2.42. The molecular formula is C17H24N2O3S2. The fourth-order valence-electron chi connectivity index (χ4n) is 3.33. The van der Waals surface area contributed by atoms with E-state index >= 15 is 0 Å². The highest BCUT2D eigenvalue weighted by Gasteiger charge is 2.35. The fourth-order valence-corrected chi connectivity index (χ4v) is 5.29. The highest BCUT2D eigenvalue weighted by molar-refractivity contribution is 7.90. The molecule has 0 saturated carbocycles. The number of rotatable bonds is 3. The minimum Gasteiger partial charge on any atom is -0.598 e. The number of aromatic nitrogens is 1. The Kier molecular flexibility index (Phi) is 4.49. The van der Waals surface area contributed by atoms with E-state index in [2.05, 4.69) is 4.72 Å². The van der Waals surface area contributed by atoms with Crippen molar-refractivity contribution >= 4 is 32.3 Å². The fraction of sp³-hybridized carbons (Fsp3) is 0.529. The van der Waals surface area contributed by atoms with Crippen LogP contribution in [0.2, 0.25) is 0 Å². The van der Waals surface area contributed by atoms with Crippen LogP contribution in [0.4, 0.5) is 0 Å². The molecule has 0 aliphatic heterocycles. The van der Waals surface area contributed by atoms with E-state index in [1.54, 1.807) is 0 Å². The van der Waals surface area contributed by atoms with Crippen LogP contribution in [-0.4, -0.2) is 27.9 Å². The predicted octanol–water partition coefficient (Wildman–Crippen LogP) is 2.88. The Morgan fingerprint density at radius 2 is 1.96 bits per heavy atom. The number of fused-ring (bicyclic) bond motifs is 3. The summed E-state index contributed by atoms with van der Waals surface area (Å²) in [6.07, 6.45) is 3.69. The molecule has 0 fully saturated rings. The second-order valence-corrected chi connectivity index (χ2v) is 11.2. The summed E-state index contributed by atoms with van der Waals surface area (Å²) < 4.78 is 41.6. The molecule has 1 aliphatic carbocycles. The third-order valence-corrected chi connectivity index (χ3v) is 7.05. The van der Waals surface area contributed by atoms with E-state index in [1.165, 1.54) is 10.2 Å². The molecule has 3 rings (SSSR count). The Morgan fingerprint density at radius 3 is 2.58 bits per heavy atom. The summed E-state index contributed by atoms with van der Waals surface area (Å²) in [6.45, 7) is 5.79. The van der Waals surface area contributed by atoms with Crippen LogP contribution in [0, 0.1) is 0 Å². The molecule has 1 aromatic carbocycles. The summed E-state index contributed by atoms with van der Waals surface area (Å²) in [5.41, 5.74) is 2.52. The van der Waals surface area contributed by atoms with Gasteiger partial charge in [0.2, 0.25) is 10.0 Å². The van der Waals surface area contributed by atoms with Crippen molar-refractivity contribution in [3.63, 3.8) is 0 Å². The molecule has 132 valence electrons. The molecule has 0 bridgehead atoms. The summed E-state index contributed by atoms with van der Waals surface area (Å²) in [4.78, 5) is 0. The lowest BCUT2D eigenvalue weighted by atomic mass is 9.91. The van der Waals surface area contributed by atoms with Crippen molar-refractivity contribution in [2.45, 2.75) is 50.8 Å². The van der Waals surface area contributed by atoms with Crippen LogP contribution in [0.15, 0.2) is 24.3 Å². The van der Waals surface area contributed by atoms with E-state index in [9.17, 15) is 13.0 Å². The summed E-state index contributed by atoms with van der Waals surface area (Å²) in [5, 5.41) is 0.932. The molecule has 1 N–H and O–H groups in total. The van der Waals surface area contributed by atoms with E-state index in [-0.39, 0.29) is 10.8 Å². The summed E-state index contributed by atoms with van der Waals surface area (Å²) in [5.74, 6) is 0. The Balaban J connectivity index is 2.18. The van der Waals surface area contributed by atoms with Crippen LogP contribution >= 0.6 is 0 Å². The van der Waals surface area contributed by atoms with E-state index in [0.717, 1.165) is 35.9 Å². The lowest BCUT2D eigenvalue weighted by molar-refractivity contribution is 0.488.